The maximum atomic E-state index is 14.7. The third-order valence-electron chi connectivity index (χ3n) is 15.1. The molecule has 2 aliphatic rings. The summed E-state index contributed by atoms with van der Waals surface area (Å²) in [6.45, 7) is 38.9. The molecule has 2 N–H and O–H groups in total. The van der Waals surface area contributed by atoms with Gasteiger partial charge in [-0.3, -0.25) is 30.3 Å². The molecule has 24 heteroatoms. The van der Waals surface area contributed by atoms with Gasteiger partial charge in [0.25, 0.3) is 11.8 Å². The van der Waals surface area contributed by atoms with Crippen LogP contribution in [0.1, 0.15) is 122 Å². The van der Waals surface area contributed by atoms with Gasteiger partial charge in [0.2, 0.25) is 0 Å². The second-order valence-electron chi connectivity index (χ2n) is 25.0. The predicted molar refractivity (Wildman–Crippen MR) is 333 cm³/mol. The highest BCUT2D eigenvalue weighted by atomic mass is 33.1. The van der Waals surface area contributed by atoms with Crippen molar-refractivity contribution in [1.29, 1.82) is 0 Å². The molecule has 0 unspecified atom stereocenters. The molecule has 1 aromatic heterocycles. The summed E-state index contributed by atoms with van der Waals surface area (Å²) in [4.78, 5) is 74.7. The average Bonchev–Trinajstić information content (AvgIpc) is 3.98. The number of likely N-dealkylation sites (tertiary alicyclic amines) is 2. The number of carbonyl (C=O) groups is 4. The number of hydrogen-bond donors (Lipinski definition) is 2. The van der Waals surface area contributed by atoms with Gasteiger partial charge in [-0.2, -0.15) is 0 Å². The summed E-state index contributed by atoms with van der Waals surface area (Å²) in [6.07, 6.45) is 2.84. The third-order valence-corrected chi connectivity index (χ3v) is 26.8. The van der Waals surface area contributed by atoms with Crippen LogP contribution < -0.4 is 29.6 Å². The van der Waals surface area contributed by atoms with E-state index in [9.17, 15) is 29.3 Å². The number of rotatable bonds is 26. The number of nitro groups is 1. The highest BCUT2D eigenvalue weighted by Gasteiger charge is 2.42. The molecule has 20 nitrogen and oxygen atoms in total. The minimum atomic E-state index is -2.18. The Morgan fingerprint density at radius 3 is 1.61 bits per heavy atom. The lowest BCUT2D eigenvalue weighted by atomic mass is 10.1. The molecule has 3 heterocycles. The Hall–Kier alpha value is -5.80. The van der Waals surface area contributed by atoms with Crippen LogP contribution in [0.5, 0.6) is 23.0 Å². The van der Waals surface area contributed by atoms with E-state index in [2.05, 4.69) is 96.5 Å². The number of methoxy groups -OCH3 is 2. The first kappa shape index (κ1) is 68.0. The highest BCUT2D eigenvalue weighted by molar-refractivity contribution is 8.77. The minimum absolute atomic E-state index is 0.0222. The zero-order valence-corrected chi connectivity index (χ0v) is 55.1. The number of benzene rings is 2. The summed E-state index contributed by atoms with van der Waals surface area (Å²) in [7, 11) is 0.996. The van der Waals surface area contributed by atoms with Crippen LogP contribution in [-0.4, -0.2) is 144 Å². The quantitative estimate of drug-likeness (QED) is 0.0190. The molecule has 83 heavy (non-hydrogen) atoms. The molecule has 458 valence electrons. The smallest absolute Gasteiger partial charge is 0.412 e. The Bertz CT molecular complexity index is 2830. The number of nitrogens with one attached hydrogen (secondary N) is 2. The van der Waals surface area contributed by atoms with Crippen LogP contribution in [0.15, 0.2) is 71.9 Å². The lowest BCUT2D eigenvalue weighted by Gasteiger charge is -2.38. The molecule has 3 atom stereocenters. The predicted octanol–water partition coefficient (Wildman–Crippen LogP) is 13.9. The fourth-order valence-electron chi connectivity index (χ4n) is 8.34. The Labute approximate surface area is 500 Å². The van der Waals surface area contributed by atoms with Crippen molar-refractivity contribution in [2.75, 3.05) is 71.0 Å². The molecule has 3 aromatic rings. The summed E-state index contributed by atoms with van der Waals surface area (Å²) >= 11 is 0. The fraction of sp³-hybridized carbons (Fsp3) is 0.576. The number of unbranched alkanes of at least 4 members (excludes halogenated alkanes) is 2. The van der Waals surface area contributed by atoms with Gasteiger partial charge in [0.1, 0.15) is 12.2 Å². The maximum Gasteiger partial charge on any atom is 0.412 e. The normalized spacial score (nSPS) is 16.3. The first-order chi connectivity index (χ1) is 38.6. The number of nitrogens with zero attached hydrogens (tertiary/aromatic N) is 4. The number of amides is 4. The summed E-state index contributed by atoms with van der Waals surface area (Å²) < 4.78 is 48.6. The van der Waals surface area contributed by atoms with Crippen molar-refractivity contribution in [3.05, 3.63) is 88.1 Å². The van der Waals surface area contributed by atoms with Gasteiger partial charge in [-0.1, -0.05) is 76.6 Å². The van der Waals surface area contributed by atoms with E-state index in [4.69, 9.17) is 37.3 Å². The van der Waals surface area contributed by atoms with E-state index in [0.717, 1.165) is 21.9 Å². The molecular formula is C59H88N6O14S2Si2. The molecule has 0 radical (unpaired) electrons. The summed E-state index contributed by atoms with van der Waals surface area (Å²) in [6, 6.07) is 8.56. The Morgan fingerprint density at radius 1 is 0.735 bits per heavy atom. The first-order valence-electron chi connectivity index (χ1n) is 27.9. The van der Waals surface area contributed by atoms with E-state index >= 15 is 0 Å². The van der Waals surface area contributed by atoms with Crippen molar-refractivity contribution < 1.29 is 61.4 Å². The van der Waals surface area contributed by atoms with Gasteiger partial charge in [0.15, 0.2) is 44.7 Å². The van der Waals surface area contributed by atoms with E-state index in [-0.39, 0.29) is 104 Å². The molecule has 2 fully saturated rings. The monoisotopic (exact) mass is 1220 g/mol. The Morgan fingerprint density at radius 2 is 1.19 bits per heavy atom. The maximum absolute atomic E-state index is 14.7. The van der Waals surface area contributed by atoms with Gasteiger partial charge >= 0.3 is 17.9 Å². The van der Waals surface area contributed by atoms with Gasteiger partial charge in [0, 0.05) is 42.7 Å². The zero-order chi connectivity index (χ0) is 61.8. The molecule has 2 aromatic carbocycles. The Kier molecular flexibility index (Phi) is 23.6. The molecular weight excluding hydrogens is 1140 g/mol. The van der Waals surface area contributed by atoms with E-state index < -0.39 is 39.3 Å². The number of pyridine rings is 1. The SMILES string of the molecule is C=C1C[C@@H](CO[Si](C)(C)C(C)(C)C)N(C(=O)c2cc(OC)c(OCCCCCOc3cc(NC(=O)OC(C)(C)C)c(C(=O)N4CC(=C)C[C@H]4CO[Si](C)(C)C(C)(C)C)cc3OC)cc2NC(=O)OC[C@@H](C)SSc2ncccc2[N+](=O)[O-])C1. The summed E-state index contributed by atoms with van der Waals surface area (Å²) in [5.74, 6) is 0.448. The standard InChI is InChI=1S/C59H88N6O14S2Si2/c1-38-27-41(36-77-82(15,16)58(7,8)9)63(33-38)53(66)43-29-48(72-13)50(31-45(43)61-55(68)76-35-40(3)80-81-52-47(65(70)71)23-22-24-60-52)74-25-20-19-21-26-75-51-32-46(62-56(69)79-57(4,5)6)44(30-49(51)73-14)54(67)64-34-39(2)28-42(64)37-78-83(17,18)59(10,11)12/h22-24,29-32,40-42H,1-2,19-21,25-28,33-37H2,3-18H3,(H,61,68)(H,62,69)/t40-,41+,42+/m1/s1. The van der Waals surface area contributed by atoms with Crippen molar-refractivity contribution in [2.24, 2.45) is 0 Å². The number of aromatic nitrogens is 1. The summed E-state index contributed by atoms with van der Waals surface area (Å²) in [5.41, 5.74) is 1.51. The summed E-state index contributed by atoms with van der Waals surface area (Å²) in [5, 5.41) is 17.0. The largest absolute Gasteiger partial charge is 0.493 e. The molecule has 0 spiro atoms. The number of carbonyl (C=O) groups excluding carboxylic acids is 4. The number of anilines is 2. The minimum Gasteiger partial charge on any atom is -0.493 e. The molecule has 0 bridgehead atoms. The molecule has 0 saturated carbocycles. The second kappa shape index (κ2) is 28.9. The number of ether oxygens (including phenoxy) is 6. The van der Waals surface area contributed by atoms with Crippen LogP contribution in [0.25, 0.3) is 0 Å². The fourth-order valence-corrected chi connectivity index (χ4v) is 12.5. The van der Waals surface area contributed by atoms with Crippen molar-refractivity contribution in [2.45, 2.75) is 166 Å². The van der Waals surface area contributed by atoms with Crippen molar-refractivity contribution >= 4 is 79.3 Å². The lowest BCUT2D eigenvalue weighted by Crippen LogP contribution is -2.46. The third kappa shape index (κ3) is 19.1. The van der Waals surface area contributed by atoms with Crippen LogP contribution in [-0.2, 0) is 18.3 Å². The molecule has 5 rings (SSSR count). The van der Waals surface area contributed by atoms with Gasteiger partial charge in [-0.25, -0.2) is 14.6 Å². The van der Waals surface area contributed by atoms with Gasteiger partial charge in [0.05, 0.1) is 80.2 Å². The molecule has 4 amide bonds. The van der Waals surface area contributed by atoms with Crippen LogP contribution in [0, 0.1) is 10.1 Å². The Balaban J connectivity index is 1.30. The van der Waals surface area contributed by atoms with Crippen molar-refractivity contribution in [3.8, 4) is 23.0 Å². The molecule has 2 aliphatic heterocycles. The van der Waals surface area contributed by atoms with Gasteiger partial charge in [-0.15, -0.1) is 0 Å². The van der Waals surface area contributed by atoms with Gasteiger partial charge in [-0.05, 0) is 125 Å². The second-order valence-corrected chi connectivity index (χ2v) is 37.3. The molecule has 2 saturated heterocycles. The van der Waals surface area contributed by atoms with E-state index in [1.165, 1.54) is 43.3 Å². The van der Waals surface area contributed by atoms with Crippen LogP contribution in [0.2, 0.25) is 36.3 Å². The van der Waals surface area contributed by atoms with E-state index in [1.54, 1.807) is 54.8 Å². The van der Waals surface area contributed by atoms with Crippen molar-refractivity contribution in [3.63, 3.8) is 0 Å². The van der Waals surface area contributed by atoms with Crippen LogP contribution in [0.4, 0.5) is 26.7 Å². The first-order valence-corrected chi connectivity index (χ1v) is 36.0. The van der Waals surface area contributed by atoms with Gasteiger partial charge < -0.3 is 47.1 Å². The van der Waals surface area contributed by atoms with Crippen LogP contribution >= 0.6 is 21.6 Å². The van der Waals surface area contributed by atoms with Crippen LogP contribution in [0.3, 0.4) is 0 Å². The van der Waals surface area contributed by atoms with E-state index in [0.29, 0.717) is 69.9 Å². The van der Waals surface area contributed by atoms with Crippen molar-refractivity contribution in [1.82, 2.24) is 14.8 Å². The molecule has 0 aliphatic carbocycles. The highest BCUT2D eigenvalue weighted by Crippen LogP contribution is 2.42. The van der Waals surface area contributed by atoms with E-state index in [1.807, 2.05) is 6.92 Å². The lowest BCUT2D eigenvalue weighted by molar-refractivity contribution is -0.388. The average molecular weight is 1230 g/mol. The zero-order valence-electron chi connectivity index (χ0n) is 51.5. The number of hydrogen-bond acceptors (Lipinski definition) is 17. The topological polar surface area (TPSA) is 229 Å².